The van der Waals surface area contributed by atoms with E-state index in [9.17, 15) is 4.79 Å². The van der Waals surface area contributed by atoms with Gasteiger partial charge < -0.3 is 9.15 Å². The minimum absolute atomic E-state index is 0.174. The van der Waals surface area contributed by atoms with E-state index in [0.29, 0.717) is 11.5 Å². The Bertz CT molecular complexity index is 808. The second-order valence-corrected chi connectivity index (χ2v) is 4.57. The number of benzene rings is 2. The smallest absolute Gasteiger partial charge is 0.301 e. The molecule has 0 radical (unpaired) electrons. The summed E-state index contributed by atoms with van der Waals surface area (Å²) >= 11 is 0. The first-order valence-electron chi connectivity index (χ1n) is 6.48. The van der Waals surface area contributed by atoms with Crippen LogP contribution < -0.4 is 10.1 Å². The topological polar surface area (TPSA) is 64.4 Å². The quantitative estimate of drug-likeness (QED) is 0.799. The fourth-order valence-corrected chi connectivity index (χ4v) is 2.27. The number of nitrogens with zero attached hydrogens (tertiary/aromatic N) is 1. The van der Waals surface area contributed by atoms with Gasteiger partial charge in [-0.2, -0.15) is 0 Å². The van der Waals surface area contributed by atoms with Crippen molar-refractivity contribution in [2.24, 2.45) is 0 Å². The number of carbonyl (C=O) groups is 1. The average molecular weight is 282 g/mol. The van der Waals surface area contributed by atoms with Gasteiger partial charge in [0.05, 0.1) is 18.9 Å². The van der Waals surface area contributed by atoms with E-state index in [0.717, 1.165) is 16.3 Å². The Morgan fingerprint density at radius 3 is 2.81 bits per heavy atom. The van der Waals surface area contributed by atoms with Gasteiger partial charge in [0.25, 0.3) is 0 Å². The molecule has 2 aromatic carbocycles. The molecule has 0 saturated heterocycles. The van der Waals surface area contributed by atoms with Crippen molar-refractivity contribution in [3.05, 3.63) is 42.6 Å². The van der Waals surface area contributed by atoms with Crippen LogP contribution in [0.2, 0.25) is 0 Å². The van der Waals surface area contributed by atoms with E-state index in [4.69, 9.17) is 9.15 Å². The summed E-state index contributed by atoms with van der Waals surface area (Å²) in [5.74, 6) is 1.01. The summed E-state index contributed by atoms with van der Waals surface area (Å²) in [6.07, 6.45) is 1.58. The summed E-state index contributed by atoms with van der Waals surface area (Å²) in [4.78, 5) is 15.1. The third kappa shape index (κ3) is 2.45. The molecule has 1 N–H and O–H groups in total. The van der Waals surface area contributed by atoms with Crippen LogP contribution in [0.3, 0.4) is 0 Å². The number of oxazole rings is 1. The number of hydrogen-bond donors (Lipinski definition) is 1. The predicted molar refractivity (Wildman–Crippen MR) is 80.3 cm³/mol. The van der Waals surface area contributed by atoms with Crippen molar-refractivity contribution < 1.29 is 13.9 Å². The molecule has 1 amide bonds. The van der Waals surface area contributed by atoms with Crippen molar-refractivity contribution in [2.75, 3.05) is 12.4 Å². The minimum atomic E-state index is -0.228. The Labute approximate surface area is 121 Å². The maximum atomic E-state index is 11.1. The number of hydrogen-bond acceptors (Lipinski definition) is 4. The first-order valence-corrected chi connectivity index (χ1v) is 6.48. The molecular weight excluding hydrogens is 268 g/mol. The number of fused-ring (bicyclic) bond motifs is 1. The molecule has 0 atom stereocenters. The zero-order valence-corrected chi connectivity index (χ0v) is 11.7. The molecule has 3 rings (SSSR count). The highest BCUT2D eigenvalue weighted by Crippen LogP contribution is 2.37. The number of aromatic nitrogens is 1. The maximum Gasteiger partial charge on any atom is 0.301 e. The fraction of sp³-hybridized carbons (Fsp3) is 0.125. The summed E-state index contributed by atoms with van der Waals surface area (Å²) in [6, 6.07) is 12.0. The third-order valence-electron chi connectivity index (χ3n) is 3.15. The van der Waals surface area contributed by atoms with Crippen LogP contribution in [0, 0.1) is 0 Å². The van der Waals surface area contributed by atoms with Gasteiger partial charge in [0.15, 0.2) is 5.76 Å². The van der Waals surface area contributed by atoms with Gasteiger partial charge in [0, 0.05) is 6.92 Å². The van der Waals surface area contributed by atoms with Crippen LogP contribution >= 0.6 is 0 Å². The average Bonchev–Trinajstić information content (AvgIpc) is 2.93. The van der Waals surface area contributed by atoms with E-state index in [1.807, 2.05) is 36.4 Å². The van der Waals surface area contributed by atoms with Crippen LogP contribution in [0.1, 0.15) is 6.92 Å². The zero-order chi connectivity index (χ0) is 14.8. The van der Waals surface area contributed by atoms with Crippen molar-refractivity contribution in [1.82, 2.24) is 4.98 Å². The van der Waals surface area contributed by atoms with Crippen molar-refractivity contribution in [2.45, 2.75) is 6.92 Å². The zero-order valence-electron chi connectivity index (χ0n) is 11.7. The van der Waals surface area contributed by atoms with Gasteiger partial charge in [0.2, 0.25) is 5.91 Å². The Hall–Kier alpha value is -2.82. The highest BCUT2D eigenvalue weighted by atomic mass is 16.5. The van der Waals surface area contributed by atoms with Gasteiger partial charge in [0.1, 0.15) is 5.75 Å². The van der Waals surface area contributed by atoms with E-state index < -0.39 is 0 Å². The van der Waals surface area contributed by atoms with Crippen molar-refractivity contribution in [3.8, 4) is 17.1 Å². The lowest BCUT2D eigenvalue weighted by atomic mass is 10.0. The molecule has 0 unspecified atom stereocenters. The molecule has 0 aliphatic rings. The highest BCUT2D eigenvalue weighted by Gasteiger charge is 2.15. The van der Waals surface area contributed by atoms with E-state index in [2.05, 4.69) is 10.3 Å². The van der Waals surface area contributed by atoms with E-state index in [1.165, 1.54) is 6.92 Å². The molecule has 106 valence electrons. The molecule has 1 aromatic heterocycles. The number of carbonyl (C=O) groups excluding carboxylic acids is 1. The molecule has 5 nitrogen and oxygen atoms in total. The SMILES string of the molecule is COc1ccc2ccccc2c1-c1cnc(NC(C)=O)o1. The first-order chi connectivity index (χ1) is 10.2. The highest BCUT2D eigenvalue weighted by molar-refractivity contribution is 5.98. The summed E-state index contributed by atoms with van der Waals surface area (Å²) in [5.41, 5.74) is 0.819. The Morgan fingerprint density at radius 1 is 1.24 bits per heavy atom. The lowest BCUT2D eigenvalue weighted by Crippen LogP contribution is -2.05. The molecule has 0 aliphatic heterocycles. The Morgan fingerprint density at radius 2 is 2.05 bits per heavy atom. The van der Waals surface area contributed by atoms with Crippen LogP contribution in [-0.4, -0.2) is 18.0 Å². The third-order valence-corrected chi connectivity index (χ3v) is 3.15. The largest absolute Gasteiger partial charge is 0.496 e. The second-order valence-electron chi connectivity index (χ2n) is 4.57. The van der Waals surface area contributed by atoms with Crippen LogP contribution in [0.4, 0.5) is 6.01 Å². The molecule has 1 heterocycles. The van der Waals surface area contributed by atoms with Gasteiger partial charge in [-0.25, -0.2) is 4.98 Å². The molecule has 0 bridgehead atoms. The second kappa shape index (κ2) is 5.28. The van der Waals surface area contributed by atoms with Crippen LogP contribution in [-0.2, 0) is 4.79 Å². The van der Waals surface area contributed by atoms with Gasteiger partial charge in [-0.1, -0.05) is 30.3 Å². The van der Waals surface area contributed by atoms with Crippen molar-refractivity contribution >= 4 is 22.7 Å². The van der Waals surface area contributed by atoms with Crippen molar-refractivity contribution in [3.63, 3.8) is 0 Å². The van der Waals surface area contributed by atoms with Crippen molar-refractivity contribution in [1.29, 1.82) is 0 Å². The van der Waals surface area contributed by atoms with E-state index in [1.54, 1.807) is 13.3 Å². The lowest BCUT2D eigenvalue weighted by Gasteiger charge is -2.09. The summed E-state index contributed by atoms with van der Waals surface area (Å²) in [6.45, 7) is 1.41. The fourth-order valence-electron chi connectivity index (χ4n) is 2.27. The van der Waals surface area contributed by atoms with Crippen LogP contribution in [0.25, 0.3) is 22.1 Å². The van der Waals surface area contributed by atoms with Gasteiger partial charge >= 0.3 is 6.01 Å². The maximum absolute atomic E-state index is 11.1. The minimum Gasteiger partial charge on any atom is -0.496 e. The molecule has 0 spiro atoms. The molecule has 0 aliphatic carbocycles. The Kier molecular flexibility index (Phi) is 3.31. The normalized spacial score (nSPS) is 10.6. The summed E-state index contributed by atoms with van der Waals surface area (Å²) in [7, 11) is 1.61. The summed E-state index contributed by atoms with van der Waals surface area (Å²) < 4.78 is 11.0. The molecule has 3 aromatic rings. The molecule has 0 fully saturated rings. The first kappa shape index (κ1) is 13.2. The van der Waals surface area contributed by atoms with Crippen LogP contribution in [0.5, 0.6) is 5.75 Å². The number of rotatable bonds is 3. The summed E-state index contributed by atoms with van der Waals surface area (Å²) in [5, 5.41) is 4.60. The van der Waals surface area contributed by atoms with Crippen LogP contribution in [0.15, 0.2) is 47.0 Å². The number of ether oxygens (including phenoxy) is 1. The van der Waals surface area contributed by atoms with Gasteiger partial charge in [-0.15, -0.1) is 0 Å². The van der Waals surface area contributed by atoms with Gasteiger partial charge in [-0.05, 0) is 16.8 Å². The van der Waals surface area contributed by atoms with E-state index >= 15 is 0 Å². The number of nitrogens with one attached hydrogen (secondary N) is 1. The molecule has 21 heavy (non-hydrogen) atoms. The molecule has 5 heteroatoms. The number of anilines is 1. The number of methoxy groups -OCH3 is 1. The van der Waals surface area contributed by atoms with E-state index in [-0.39, 0.29) is 11.9 Å². The standard InChI is InChI=1S/C16H14N2O3/c1-10(19)18-16-17-9-14(21-16)15-12-6-4-3-5-11(12)7-8-13(15)20-2/h3-9H,1-2H3,(H,17,18,19). The molecular formula is C16H14N2O3. The number of amides is 1. The Balaban J connectivity index is 2.18. The predicted octanol–water partition coefficient (Wildman–Crippen LogP) is 3.46. The molecule has 0 saturated carbocycles. The lowest BCUT2D eigenvalue weighted by molar-refractivity contribution is -0.114. The monoisotopic (exact) mass is 282 g/mol. The van der Waals surface area contributed by atoms with Gasteiger partial charge in [-0.3, -0.25) is 10.1 Å².